The number of amides is 1. The van der Waals surface area contributed by atoms with Crippen molar-refractivity contribution in [3.63, 3.8) is 0 Å². The van der Waals surface area contributed by atoms with Crippen LogP contribution in [0.3, 0.4) is 0 Å². The van der Waals surface area contributed by atoms with E-state index in [2.05, 4.69) is 33.6 Å². The Hall–Kier alpha value is -2.28. The number of carbonyl (C=O) groups is 1. The lowest BCUT2D eigenvalue weighted by molar-refractivity contribution is 0.0106. The molecule has 2 saturated heterocycles. The van der Waals surface area contributed by atoms with Crippen LogP contribution in [0, 0.1) is 18.3 Å². The molecule has 1 spiro atoms. The maximum absolute atomic E-state index is 13.3. The Balaban J connectivity index is 1.66. The maximum Gasteiger partial charge on any atom is 0.272 e. The van der Waals surface area contributed by atoms with Crippen LogP contribution >= 0.6 is 0 Å². The molecule has 4 rings (SSSR count). The van der Waals surface area contributed by atoms with Gasteiger partial charge in [-0.05, 0) is 37.3 Å². The number of likely N-dealkylation sites (tertiary alicyclic amines) is 1. The number of hydrogen-bond donors (Lipinski definition) is 0. The third-order valence-electron chi connectivity index (χ3n) is 6.15. The third kappa shape index (κ3) is 3.43. The number of pyridine rings is 1. The highest BCUT2D eigenvalue weighted by atomic mass is 16.5. The van der Waals surface area contributed by atoms with Crippen molar-refractivity contribution in [3.8, 4) is 0 Å². The van der Waals surface area contributed by atoms with Crippen molar-refractivity contribution in [3.05, 3.63) is 41.7 Å². The summed E-state index contributed by atoms with van der Waals surface area (Å²) in [7, 11) is 0. The minimum Gasteiger partial charge on any atom is -0.381 e. The number of ether oxygens (including phenoxy) is 1. The molecule has 0 aromatic carbocycles. The van der Waals surface area contributed by atoms with Crippen LogP contribution in [0.1, 0.15) is 54.5 Å². The van der Waals surface area contributed by atoms with Crippen molar-refractivity contribution in [2.24, 2.45) is 11.3 Å². The largest absolute Gasteiger partial charge is 0.381 e. The second kappa shape index (κ2) is 7.62. The lowest BCUT2D eigenvalue weighted by Crippen LogP contribution is -2.38. The van der Waals surface area contributed by atoms with Crippen LogP contribution in [-0.2, 0) is 11.3 Å². The van der Waals surface area contributed by atoms with Crippen LogP contribution in [0.4, 0.5) is 0 Å². The summed E-state index contributed by atoms with van der Waals surface area (Å²) in [6.07, 6.45) is 5.40. The molecule has 150 valence electrons. The molecule has 2 fully saturated rings. The first-order chi connectivity index (χ1) is 13.5. The summed E-state index contributed by atoms with van der Waals surface area (Å²) < 4.78 is 7.83. The molecule has 7 heteroatoms. The van der Waals surface area contributed by atoms with Gasteiger partial charge in [-0.2, -0.15) is 0 Å². The van der Waals surface area contributed by atoms with Gasteiger partial charge in [0, 0.05) is 50.4 Å². The monoisotopic (exact) mass is 383 g/mol. The molecule has 1 amide bonds. The van der Waals surface area contributed by atoms with E-state index in [4.69, 9.17) is 4.74 Å². The fraction of sp³-hybridized carbons (Fsp3) is 0.619. The number of nitrogens with zero attached hydrogens (tertiary/aromatic N) is 5. The van der Waals surface area contributed by atoms with Crippen LogP contribution in [0.2, 0.25) is 0 Å². The average Bonchev–Trinajstić information content (AvgIpc) is 3.26. The Labute approximate surface area is 166 Å². The zero-order chi connectivity index (χ0) is 19.7. The van der Waals surface area contributed by atoms with E-state index in [1.54, 1.807) is 6.20 Å². The molecule has 0 aliphatic carbocycles. The van der Waals surface area contributed by atoms with Gasteiger partial charge in [0.05, 0.1) is 0 Å². The molecule has 0 radical (unpaired) electrons. The smallest absolute Gasteiger partial charge is 0.272 e. The van der Waals surface area contributed by atoms with Crippen molar-refractivity contribution in [1.82, 2.24) is 24.6 Å². The molecule has 2 aliphatic heterocycles. The van der Waals surface area contributed by atoms with Crippen molar-refractivity contribution < 1.29 is 9.53 Å². The zero-order valence-electron chi connectivity index (χ0n) is 17.0. The Kier molecular flexibility index (Phi) is 5.19. The van der Waals surface area contributed by atoms with Crippen molar-refractivity contribution in [1.29, 1.82) is 0 Å². The second-order valence-electron chi connectivity index (χ2n) is 8.62. The summed E-state index contributed by atoms with van der Waals surface area (Å²) in [5, 5.41) is 8.71. The molecule has 2 aliphatic rings. The Morgan fingerprint density at radius 2 is 2.14 bits per heavy atom. The van der Waals surface area contributed by atoms with E-state index in [1.165, 1.54) is 0 Å². The van der Waals surface area contributed by atoms with E-state index in [0.29, 0.717) is 18.2 Å². The van der Waals surface area contributed by atoms with Gasteiger partial charge in [0.25, 0.3) is 5.91 Å². The average molecular weight is 383 g/mol. The van der Waals surface area contributed by atoms with E-state index in [-0.39, 0.29) is 17.2 Å². The van der Waals surface area contributed by atoms with Gasteiger partial charge in [0.2, 0.25) is 0 Å². The van der Waals surface area contributed by atoms with Gasteiger partial charge in [-0.15, -0.1) is 10.2 Å². The lowest BCUT2D eigenvalue weighted by atomic mass is 9.71. The zero-order valence-corrected chi connectivity index (χ0v) is 17.0. The Morgan fingerprint density at radius 3 is 2.86 bits per heavy atom. The first-order valence-corrected chi connectivity index (χ1v) is 10.2. The molecular formula is C21H29N5O2. The minimum atomic E-state index is -0.00163. The highest BCUT2D eigenvalue weighted by Gasteiger charge is 2.51. The molecule has 0 saturated carbocycles. The number of aromatic nitrogens is 4. The van der Waals surface area contributed by atoms with Crippen molar-refractivity contribution >= 4 is 5.91 Å². The molecule has 2 aromatic heterocycles. The summed E-state index contributed by atoms with van der Waals surface area (Å²) in [5.41, 5.74) is 1.46. The van der Waals surface area contributed by atoms with Crippen molar-refractivity contribution in [2.75, 3.05) is 26.3 Å². The molecule has 1 atom stereocenters. The van der Waals surface area contributed by atoms with Crippen LogP contribution < -0.4 is 0 Å². The van der Waals surface area contributed by atoms with Gasteiger partial charge < -0.3 is 14.2 Å². The molecule has 28 heavy (non-hydrogen) atoms. The van der Waals surface area contributed by atoms with E-state index in [0.717, 1.165) is 50.5 Å². The summed E-state index contributed by atoms with van der Waals surface area (Å²) in [5.74, 6) is 1.70. The third-order valence-corrected chi connectivity index (χ3v) is 6.15. The number of carbonyl (C=O) groups excluding carboxylic acids is 1. The predicted octanol–water partition coefficient (Wildman–Crippen LogP) is 2.67. The number of aryl methyl sites for hydroxylation is 1. The van der Waals surface area contributed by atoms with Crippen LogP contribution in [0.15, 0.2) is 24.7 Å². The lowest BCUT2D eigenvalue weighted by Gasteiger charge is -2.37. The van der Waals surface area contributed by atoms with Gasteiger partial charge in [-0.1, -0.05) is 19.9 Å². The van der Waals surface area contributed by atoms with E-state index < -0.39 is 0 Å². The fourth-order valence-electron chi connectivity index (χ4n) is 4.69. The Bertz CT molecular complexity index is 841. The normalized spacial score (nSPS) is 21.6. The Morgan fingerprint density at radius 1 is 1.36 bits per heavy atom. The van der Waals surface area contributed by atoms with Gasteiger partial charge >= 0.3 is 0 Å². The van der Waals surface area contributed by atoms with Gasteiger partial charge in [-0.3, -0.25) is 9.78 Å². The quantitative estimate of drug-likeness (QED) is 0.812. The van der Waals surface area contributed by atoms with Crippen molar-refractivity contribution in [2.45, 2.75) is 46.1 Å². The van der Waals surface area contributed by atoms with Gasteiger partial charge in [0.15, 0.2) is 0 Å². The second-order valence-corrected chi connectivity index (χ2v) is 8.62. The first-order valence-electron chi connectivity index (χ1n) is 10.2. The first kappa shape index (κ1) is 19.1. The predicted molar refractivity (Wildman–Crippen MR) is 105 cm³/mol. The summed E-state index contributed by atoms with van der Waals surface area (Å²) in [6.45, 7) is 10.1. The molecule has 7 nitrogen and oxygen atoms in total. The van der Waals surface area contributed by atoms with Crippen LogP contribution in [-0.4, -0.2) is 56.9 Å². The topological polar surface area (TPSA) is 73.1 Å². The number of hydrogen-bond acceptors (Lipinski definition) is 5. The van der Waals surface area contributed by atoms with E-state index >= 15 is 0 Å². The van der Waals surface area contributed by atoms with E-state index in [9.17, 15) is 4.79 Å². The van der Waals surface area contributed by atoms with Gasteiger partial charge in [0.1, 0.15) is 17.8 Å². The van der Waals surface area contributed by atoms with Gasteiger partial charge in [-0.25, -0.2) is 0 Å². The highest BCUT2D eigenvalue weighted by molar-refractivity contribution is 5.94. The fourth-order valence-corrected chi connectivity index (χ4v) is 4.69. The van der Waals surface area contributed by atoms with Crippen LogP contribution in [0.5, 0.6) is 0 Å². The molecular weight excluding hydrogens is 354 g/mol. The maximum atomic E-state index is 13.3. The molecule has 4 heterocycles. The molecule has 2 aromatic rings. The SMILES string of the molecule is Cc1cccnc1C(=O)N1CC(c2nncn2CC(C)C)C2(CCOCC2)C1. The van der Waals surface area contributed by atoms with Crippen LogP contribution in [0.25, 0.3) is 0 Å². The number of rotatable bonds is 4. The molecule has 1 unspecified atom stereocenters. The standard InChI is InChI=1S/C21H29N5O2/c1-15(2)11-26-14-23-24-19(26)17-12-25(13-21(17)6-9-28-10-7-21)20(27)18-16(3)5-4-8-22-18/h4-5,8,14-15,17H,6-7,9-13H2,1-3H3. The summed E-state index contributed by atoms with van der Waals surface area (Å²) >= 11 is 0. The van der Waals surface area contributed by atoms with E-state index in [1.807, 2.05) is 30.3 Å². The molecule has 0 N–H and O–H groups in total. The summed E-state index contributed by atoms with van der Waals surface area (Å²) in [6, 6.07) is 3.81. The molecule has 0 bridgehead atoms. The highest BCUT2D eigenvalue weighted by Crippen LogP contribution is 2.49. The summed E-state index contributed by atoms with van der Waals surface area (Å²) in [4.78, 5) is 19.6. The minimum absolute atomic E-state index is 0.00163.